The maximum Gasteiger partial charge on any atom is 0.0814 e. The van der Waals surface area contributed by atoms with E-state index < -0.39 is 0 Å². The maximum atomic E-state index is 2.24. The van der Waals surface area contributed by atoms with Gasteiger partial charge in [0, 0.05) is 0 Å². The van der Waals surface area contributed by atoms with Crippen LogP contribution in [0.25, 0.3) is 0 Å². The summed E-state index contributed by atoms with van der Waals surface area (Å²) in [6, 6.07) is 0. The predicted molar refractivity (Wildman–Crippen MR) is 38.0 cm³/mol. The molecule has 0 radical (unpaired) electrons. The molecule has 0 aliphatic heterocycles. The summed E-state index contributed by atoms with van der Waals surface area (Å²) in [7, 11) is 0. The molecule has 7 heavy (non-hydrogen) atoms. The zero-order valence-corrected chi connectivity index (χ0v) is 3.98. The van der Waals surface area contributed by atoms with Crippen molar-refractivity contribution >= 4 is 8.41 Å². The summed E-state index contributed by atoms with van der Waals surface area (Å²) in [6.45, 7) is 0. The smallest absolute Gasteiger partial charge is 0.0814 e. The molecule has 1 aliphatic carbocycles. The molecule has 1 nitrogen and oxygen atoms in total. The van der Waals surface area contributed by atoms with Crippen molar-refractivity contribution in [1.29, 1.82) is 0 Å². The van der Waals surface area contributed by atoms with E-state index >= 15 is 0 Å². The lowest BCUT2D eigenvalue weighted by Crippen LogP contribution is -1.50. The van der Waals surface area contributed by atoms with Crippen LogP contribution in [-0.2, 0) is 0 Å². The molecule has 0 saturated heterocycles. The number of hydrogen-bond acceptors (Lipinski definition) is 1. The standard InChI is InChI=1S/C5H8.BH3.H3N/c1-2-4-5-3-1;;/h1-2H,3-5H2;2*1H3. The lowest BCUT2D eigenvalue weighted by molar-refractivity contribution is 0.929. The topological polar surface area (TPSA) is 35.0 Å². The van der Waals surface area contributed by atoms with Crippen LogP contribution in [0.15, 0.2) is 12.2 Å². The Labute approximate surface area is 47.0 Å². The lowest BCUT2D eigenvalue weighted by Gasteiger charge is -1.69. The Kier molecular flexibility index (Phi) is 8.16. The van der Waals surface area contributed by atoms with Gasteiger partial charge < -0.3 is 6.15 Å². The Balaban J connectivity index is 0. The van der Waals surface area contributed by atoms with Crippen LogP contribution in [0, 0.1) is 0 Å². The predicted octanol–water partition coefficient (Wildman–Crippen LogP) is 0.705. The molecular formula is C5H14BN. The van der Waals surface area contributed by atoms with E-state index in [0.717, 1.165) is 0 Å². The Morgan fingerprint density at radius 3 is 1.57 bits per heavy atom. The Bertz CT molecular complexity index is 46.0. The Morgan fingerprint density at radius 2 is 1.43 bits per heavy atom. The van der Waals surface area contributed by atoms with Crippen LogP contribution in [0.3, 0.4) is 0 Å². The van der Waals surface area contributed by atoms with Gasteiger partial charge in [-0.25, -0.2) is 0 Å². The van der Waals surface area contributed by atoms with E-state index in [0.29, 0.717) is 0 Å². The van der Waals surface area contributed by atoms with Gasteiger partial charge in [0.2, 0.25) is 0 Å². The van der Waals surface area contributed by atoms with Gasteiger partial charge in [-0.2, -0.15) is 0 Å². The molecule has 0 amide bonds. The van der Waals surface area contributed by atoms with Crippen molar-refractivity contribution in [2.24, 2.45) is 0 Å². The summed E-state index contributed by atoms with van der Waals surface area (Å²) in [5.41, 5.74) is 0. The zero-order valence-electron chi connectivity index (χ0n) is 3.98. The van der Waals surface area contributed by atoms with Gasteiger partial charge in [0.25, 0.3) is 0 Å². The second kappa shape index (κ2) is 5.76. The molecule has 0 atom stereocenters. The fraction of sp³-hybridized carbons (Fsp3) is 0.600. The summed E-state index contributed by atoms with van der Waals surface area (Å²) in [5, 5.41) is 0. The molecule has 0 saturated carbocycles. The van der Waals surface area contributed by atoms with Gasteiger partial charge in [0.05, 0.1) is 8.41 Å². The van der Waals surface area contributed by atoms with Gasteiger partial charge in [-0.3, -0.25) is 0 Å². The minimum Gasteiger partial charge on any atom is -0.344 e. The minimum atomic E-state index is 0. The lowest BCUT2D eigenvalue weighted by atomic mass is 10.4. The van der Waals surface area contributed by atoms with Gasteiger partial charge in [-0.15, -0.1) is 0 Å². The van der Waals surface area contributed by atoms with E-state index in [1.165, 1.54) is 19.3 Å². The van der Waals surface area contributed by atoms with Gasteiger partial charge in [0.1, 0.15) is 0 Å². The van der Waals surface area contributed by atoms with Crippen LogP contribution in [0.1, 0.15) is 19.3 Å². The maximum absolute atomic E-state index is 2.24. The molecular weight excluding hydrogens is 84.9 g/mol. The molecule has 1 aliphatic rings. The first-order chi connectivity index (χ1) is 2.50. The summed E-state index contributed by atoms with van der Waals surface area (Å²) in [4.78, 5) is 0. The molecule has 0 unspecified atom stereocenters. The average Bonchev–Trinajstić information content (AvgIpc) is 1.76. The third-order valence-corrected chi connectivity index (χ3v) is 0.908. The van der Waals surface area contributed by atoms with Crippen molar-refractivity contribution < 1.29 is 0 Å². The first-order valence-electron chi connectivity index (χ1n) is 2.15. The van der Waals surface area contributed by atoms with Crippen LogP contribution in [-0.4, -0.2) is 8.41 Å². The largest absolute Gasteiger partial charge is 0.344 e. The average molecular weight is 99.0 g/mol. The summed E-state index contributed by atoms with van der Waals surface area (Å²) >= 11 is 0. The molecule has 0 bridgehead atoms. The van der Waals surface area contributed by atoms with Crippen molar-refractivity contribution in [3.8, 4) is 0 Å². The van der Waals surface area contributed by atoms with Gasteiger partial charge in [0.15, 0.2) is 0 Å². The van der Waals surface area contributed by atoms with Gasteiger partial charge >= 0.3 is 0 Å². The van der Waals surface area contributed by atoms with Crippen molar-refractivity contribution in [1.82, 2.24) is 6.15 Å². The molecule has 2 heteroatoms. The van der Waals surface area contributed by atoms with E-state index in [4.69, 9.17) is 0 Å². The molecule has 0 heterocycles. The second-order valence-electron chi connectivity index (χ2n) is 1.40. The molecule has 42 valence electrons. The summed E-state index contributed by atoms with van der Waals surface area (Å²) < 4.78 is 0. The monoisotopic (exact) mass is 99.1 g/mol. The van der Waals surface area contributed by atoms with Crippen molar-refractivity contribution in [3.05, 3.63) is 12.2 Å². The second-order valence-corrected chi connectivity index (χ2v) is 1.40. The SMILES string of the molecule is B.C1=CCCC1.N. The van der Waals surface area contributed by atoms with Crippen LogP contribution < -0.4 is 6.15 Å². The van der Waals surface area contributed by atoms with E-state index in [1.807, 2.05) is 0 Å². The first kappa shape index (κ1) is 9.90. The Hall–Kier alpha value is -0.235. The highest BCUT2D eigenvalue weighted by Gasteiger charge is 1.84. The fourth-order valence-electron chi connectivity index (χ4n) is 0.589. The van der Waals surface area contributed by atoms with Crippen molar-refractivity contribution in [2.75, 3.05) is 0 Å². The molecule has 0 fully saturated rings. The zero-order chi connectivity index (χ0) is 3.54. The quantitative estimate of drug-likeness (QED) is 0.352. The molecule has 1 rings (SSSR count). The molecule has 3 N–H and O–H groups in total. The van der Waals surface area contributed by atoms with Crippen LogP contribution in [0.2, 0.25) is 0 Å². The number of hydrogen-bond donors (Lipinski definition) is 1. The summed E-state index contributed by atoms with van der Waals surface area (Å²) in [6.07, 6.45) is 8.50. The van der Waals surface area contributed by atoms with Gasteiger partial charge in [-0.05, 0) is 19.3 Å². The normalized spacial score (nSPS) is 14.9. The fourth-order valence-corrected chi connectivity index (χ4v) is 0.589. The van der Waals surface area contributed by atoms with Crippen molar-refractivity contribution in [2.45, 2.75) is 19.3 Å². The molecule has 0 aromatic heterocycles. The summed E-state index contributed by atoms with van der Waals surface area (Å²) in [5.74, 6) is 0. The van der Waals surface area contributed by atoms with Crippen molar-refractivity contribution in [3.63, 3.8) is 0 Å². The molecule has 0 aromatic rings. The van der Waals surface area contributed by atoms with Gasteiger partial charge in [-0.1, -0.05) is 12.2 Å². The third-order valence-electron chi connectivity index (χ3n) is 0.908. The minimum absolute atomic E-state index is 0. The third kappa shape index (κ3) is 3.60. The highest BCUT2D eigenvalue weighted by molar-refractivity contribution is 5.75. The molecule has 0 spiro atoms. The van der Waals surface area contributed by atoms with Crippen LogP contribution in [0.4, 0.5) is 0 Å². The van der Waals surface area contributed by atoms with Crippen LogP contribution >= 0.6 is 0 Å². The van der Waals surface area contributed by atoms with Crippen LogP contribution in [0.5, 0.6) is 0 Å². The number of rotatable bonds is 0. The van der Waals surface area contributed by atoms with E-state index in [2.05, 4.69) is 12.2 Å². The Morgan fingerprint density at radius 1 is 1.00 bits per heavy atom. The van der Waals surface area contributed by atoms with E-state index in [1.54, 1.807) is 0 Å². The molecule has 0 aromatic carbocycles. The number of allylic oxidation sites excluding steroid dienone is 2. The highest BCUT2D eigenvalue weighted by atomic mass is 14.0. The first-order valence-corrected chi connectivity index (χ1v) is 2.15. The van der Waals surface area contributed by atoms with E-state index in [9.17, 15) is 0 Å². The highest BCUT2D eigenvalue weighted by Crippen LogP contribution is 2.05. The van der Waals surface area contributed by atoms with E-state index in [-0.39, 0.29) is 14.6 Å².